The van der Waals surface area contributed by atoms with E-state index < -0.39 is 5.60 Å². The van der Waals surface area contributed by atoms with Crippen molar-refractivity contribution in [3.8, 4) is 6.07 Å². The highest BCUT2D eigenvalue weighted by Gasteiger charge is 2.41. The molecule has 1 N–H and O–H groups in total. The summed E-state index contributed by atoms with van der Waals surface area (Å²) in [6.07, 6.45) is 1.04. The molecule has 0 saturated carbocycles. The number of anilines is 1. The van der Waals surface area contributed by atoms with Crippen molar-refractivity contribution in [2.24, 2.45) is 0 Å². The number of nitrogens with zero attached hydrogens (tertiary/aromatic N) is 4. The zero-order valence-corrected chi connectivity index (χ0v) is 10.1. The summed E-state index contributed by atoms with van der Waals surface area (Å²) in [6.45, 7) is 4.86. The Bertz CT molecular complexity index is 460. The lowest BCUT2D eigenvalue weighted by Crippen LogP contribution is -2.62. The number of hydrogen-bond donors (Lipinski definition) is 1. The quantitative estimate of drug-likeness (QED) is 0.835. The molecule has 1 fully saturated rings. The summed E-state index contributed by atoms with van der Waals surface area (Å²) in [7, 11) is 0. The summed E-state index contributed by atoms with van der Waals surface area (Å²) >= 11 is 0. The minimum atomic E-state index is -0.861. The van der Waals surface area contributed by atoms with E-state index in [9.17, 15) is 5.11 Å². The number of aliphatic hydroxyl groups is 1. The molecule has 2 rings (SSSR count). The summed E-state index contributed by atoms with van der Waals surface area (Å²) in [5.74, 6) is 1.59. The van der Waals surface area contributed by atoms with Gasteiger partial charge in [-0.25, -0.2) is 9.97 Å². The molecule has 1 aromatic heterocycles. The van der Waals surface area contributed by atoms with Gasteiger partial charge in [-0.2, -0.15) is 5.26 Å². The van der Waals surface area contributed by atoms with E-state index in [-0.39, 0.29) is 6.42 Å². The third kappa shape index (κ3) is 2.37. The van der Waals surface area contributed by atoms with Gasteiger partial charge in [-0.15, -0.1) is 0 Å². The van der Waals surface area contributed by atoms with Crippen LogP contribution in [0.3, 0.4) is 0 Å². The highest BCUT2D eigenvalue weighted by Crippen LogP contribution is 2.28. The van der Waals surface area contributed by atoms with Gasteiger partial charge in [0.1, 0.15) is 17.2 Å². The second kappa shape index (κ2) is 4.30. The van der Waals surface area contributed by atoms with Gasteiger partial charge in [-0.1, -0.05) is 6.92 Å². The van der Waals surface area contributed by atoms with Gasteiger partial charge in [-0.05, 0) is 13.3 Å². The number of nitriles is 1. The first-order chi connectivity index (χ1) is 8.06. The van der Waals surface area contributed by atoms with Crippen molar-refractivity contribution < 1.29 is 5.11 Å². The Labute approximate surface area is 101 Å². The maximum atomic E-state index is 9.93. The molecule has 2 heterocycles. The first-order valence-electron chi connectivity index (χ1n) is 5.75. The SMILES string of the molecule is CCc1cc(N2CC(O)(CC#N)C2)nc(C)n1. The molecule has 90 valence electrons. The van der Waals surface area contributed by atoms with Gasteiger partial charge >= 0.3 is 0 Å². The molecule has 1 aliphatic heterocycles. The van der Waals surface area contributed by atoms with Crippen molar-refractivity contribution in [3.05, 3.63) is 17.6 Å². The highest BCUT2D eigenvalue weighted by molar-refractivity contribution is 5.45. The molecule has 1 aliphatic rings. The van der Waals surface area contributed by atoms with Gasteiger partial charge in [0, 0.05) is 11.8 Å². The van der Waals surface area contributed by atoms with Crippen LogP contribution in [0.1, 0.15) is 24.9 Å². The zero-order chi connectivity index (χ0) is 12.5. The maximum absolute atomic E-state index is 9.93. The molecular formula is C12H16N4O. The molecule has 17 heavy (non-hydrogen) atoms. The van der Waals surface area contributed by atoms with E-state index in [0.717, 1.165) is 23.8 Å². The van der Waals surface area contributed by atoms with Crippen LogP contribution in [0.4, 0.5) is 5.82 Å². The highest BCUT2D eigenvalue weighted by atomic mass is 16.3. The lowest BCUT2D eigenvalue weighted by atomic mass is 9.91. The van der Waals surface area contributed by atoms with Gasteiger partial charge in [0.05, 0.1) is 25.6 Å². The largest absolute Gasteiger partial charge is 0.385 e. The molecule has 0 aromatic carbocycles. The standard InChI is InChI=1S/C12H16N4O/c1-3-10-6-11(15-9(2)14-10)16-7-12(17,8-16)4-5-13/h6,17H,3-4,7-8H2,1-2H3. The number of rotatable bonds is 3. The third-order valence-corrected chi connectivity index (χ3v) is 2.94. The lowest BCUT2D eigenvalue weighted by molar-refractivity contribution is 0.0161. The number of aromatic nitrogens is 2. The summed E-state index contributed by atoms with van der Waals surface area (Å²) in [6, 6.07) is 3.95. The fourth-order valence-corrected chi connectivity index (χ4v) is 2.04. The van der Waals surface area contributed by atoms with Crippen molar-refractivity contribution in [1.29, 1.82) is 5.26 Å². The van der Waals surface area contributed by atoms with Crippen molar-refractivity contribution in [1.82, 2.24) is 9.97 Å². The average molecular weight is 232 g/mol. The summed E-state index contributed by atoms with van der Waals surface area (Å²) in [4.78, 5) is 10.6. The van der Waals surface area contributed by atoms with E-state index >= 15 is 0 Å². The predicted molar refractivity (Wildman–Crippen MR) is 63.5 cm³/mol. The predicted octanol–water partition coefficient (Wildman–Crippen LogP) is 0.812. The molecule has 0 bridgehead atoms. The minimum Gasteiger partial charge on any atom is -0.385 e. The Morgan fingerprint density at radius 1 is 1.53 bits per heavy atom. The molecule has 0 amide bonds. The van der Waals surface area contributed by atoms with Gasteiger partial charge in [0.2, 0.25) is 0 Å². The molecule has 5 heteroatoms. The third-order valence-electron chi connectivity index (χ3n) is 2.94. The Hall–Kier alpha value is -1.67. The Morgan fingerprint density at radius 3 is 2.82 bits per heavy atom. The van der Waals surface area contributed by atoms with Gasteiger partial charge in [0.25, 0.3) is 0 Å². The Morgan fingerprint density at radius 2 is 2.24 bits per heavy atom. The zero-order valence-electron chi connectivity index (χ0n) is 10.1. The van der Waals surface area contributed by atoms with Crippen LogP contribution >= 0.6 is 0 Å². The van der Waals surface area contributed by atoms with E-state index in [1.54, 1.807) is 0 Å². The second-order valence-electron chi connectivity index (χ2n) is 4.53. The Balaban J connectivity index is 2.11. The van der Waals surface area contributed by atoms with Crippen LogP contribution < -0.4 is 4.90 Å². The van der Waals surface area contributed by atoms with Gasteiger partial charge < -0.3 is 10.0 Å². The minimum absolute atomic E-state index is 0.175. The van der Waals surface area contributed by atoms with Crippen LogP contribution in [-0.4, -0.2) is 33.8 Å². The van der Waals surface area contributed by atoms with Gasteiger partial charge in [-0.3, -0.25) is 0 Å². The average Bonchev–Trinajstić information content (AvgIpc) is 2.25. The molecule has 1 saturated heterocycles. The number of β-amino-alcohol motifs (C(OH)–C–C–N with tert-alkyl or cyclic N) is 1. The molecule has 0 spiro atoms. The van der Waals surface area contributed by atoms with Crippen LogP contribution in [0, 0.1) is 18.3 Å². The van der Waals surface area contributed by atoms with Crippen molar-refractivity contribution in [2.75, 3.05) is 18.0 Å². The van der Waals surface area contributed by atoms with Crippen LogP contribution in [-0.2, 0) is 6.42 Å². The van der Waals surface area contributed by atoms with E-state index in [1.807, 2.05) is 30.9 Å². The topological polar surface area (TPSA) is 73.0 Å². The first kappa shape index (κ1) is 11.8. The monoisotopic (exact) mass is 232 g/mol. The smallest absolute Gasteiger partial charge is 0.132 e. The lowest BCUT2D eigenvalue weighted by Gasteiger charge is -2.46. The molecule has 5 nitrogen and oxygen atoms in total. The number of hydrogen-bond acceptors (Lipinski definition) is 5. The van der Waals surface area contributed by atoms with E-state index in [2.05, 4.69) is 9.97 Å². The summed E-state index contributed by atoms with van der Waals surface area (Å²) in [5, 5.41) is 18.5. The Kier molecular flexibility index (Phi) is 2.99. The normalized spacial score (nSPS) is 17.4. The molecule has 0 unspecified atom stereocenters. The van der Waals surface area contributed by atoms with Crippen LogP contribution in [0.15, 0.2) is 6.07 Å². The second-order valence-corrected chi connectivity index (χ2v) is 4.53. The maximum Gasteiger partial charge on any atom is 0.132 e. The first-order valence-corrected chi connectivity index (χ1v) is 5.75. The fraction of sp³-hybridized carbons (Fsp3) is 0.583. The summed E-state index contributed by atoms with van der Waals surface area (Å²) in [5.41, 5.74) is 0.142. The molecule has 0 radical (unpaired) electrons. The van der Waals surface area contributed by atoms with E-state index in [4.69, 9.17) is 5.26 Å². The molecule has 0 atom stereocenters. The number of aryl methyl sites for hydroxylation is 2. The van der Waals surface area contributed by atoms with Crippen LogP contribution in [0.5, 0.6) is 0 Å². The van der Waals surface area contributed by atoms with Crippen molar-refractivity contribution in [2.45, 2.75) is 32.3 Å². The van der Waals surface area contributed by atoms with E-state index in [1.165, 1.54) is 0 Å². The fourth-order valence-electron chi connectivity index (χ4n) is 2.04. The van der Waals surface area contributed by atoms with Gasteiger partial charge in [0.15, 0.2) is 0 Å². The van der Waals surface area contributed by atoms with Crippen LogP contribution in [0.2, 0.25) is 0 Å². The summed E-state index contributed by atoms with van der Waals surface area (Å²) < 4.78 is 0. The van der Waals surface area contributed by atoms with Crippen LogP contribution in [0.25, 0.3) is 0 Å². The van der Waals surface area contributed by atoms with E-state index in [0.29, 0.717) is 13.1 Å². The molecule has 1 aromatic rings. The molecular weight excluding hydrogens is 216 g/mol. The van der Waals surface area contributed by atoms with Crippen molar-refractivity contribution >= 4 is 5.82 Å². The van der Waals surface area contributed by atoms with Crippen molar-refractivity contribution in [3.63, 3.8) is 0 Å². The molecule has 0 aliphatic carbocycles.